The predicted molar refractivity (Wildman–Crippen MR) is 123 cm³/mol. The number of hydrazine groups is 1. The molecule has 1 saturated heterocycles. The maximum absolute atomic E-state index is 12.9. The van der Waals surface area contributed by atoms with Crippen molar-refractivity contribution >= 4 is 62.9 Å². The Morgan fingerprint density at radius 2 is 1.97 bits per heavy atom. The van der Waals surface area contributed by atoms with Crippen LogP contribution in [0.2, 0.25) is 0 Å². The molecule has 2 heterocycles. The number of aromatic nitrogens is 1. The van der Waals surface area contributed by atoms with Gasteiger partial charge in [0.25, 0.3) is 11.8 Å². The average molecular weight is 474 g/mol. The summed E-state index contributed by atoms with van der Waals surface area (Å²) in [6.07, 6.45) is 0. The summed E-state index contributed by atoms with van der Waals surface area (Å²) < 4.78 is 7.14. The fourth-order valence-corrected chi connectivity index (χ4v) is 6.48. The van der Waals surface area contributed by atoms with Gasteiger partial charge in [0, 0.05) is 12.7 Å². The normalized spacial score (nSPS) is 18.4. The fraction of sp³-hybridized carbons (Fsp3) is 0.238. The second-order valence-corrected chi connectivity index (χ2v) is 10.7. The van der Waals surface area contributed by atoms with Crippen LogP contribution in [0.1, 0.15) is 24.2 Å². The van der Waals surface area contributed by atoms with E-state index in [1.54, 1.807) is 47.4 Å². The number of carbonyl (C=O) groups is 3. The molecular formula is C21H19N3O4S3. The number of hydrogen-bond donors (Lipinski definition) is 1. The number of benzene rings is 2. The third-order valence-corrected chi connectivity index (χ3v) is 8.57. The molecule has 3 aromatic rings. The molecule has 31 heavy (non-hydrogen) atoms. The van der Waals surface area contributed by atoms with Crippen molar-refractivity contribution in [3.8, 4) is 5.75 Å². The summed E-state index contributed by atoms with van der Waals surface area (Å²) in [5.74, 6) is -0.250. The Morgan fingerprint density at radius 1 is 1.23 bits per heavy atom. The lowest BCUT2D eigenvalue weighted by atomic mass is 10.2. The van der Waals surface area contributed by atoms with E-state index in [4.69, 9.17) is 4.74 Å². The second kappa shape index (κ2) is 8.89. The molecule has 7 nitrogen and oxygen atoms in total. The van der Waals surface area contributed by atoms with Gasteiger partial charge in [-0.2, -0.15) is 0 Å². The van der Waals surface area contributed by atoms with Crippen LogP contribution < -0.4 is 10.2 Å². The summed E-state index contributed by atoms with van der Waals surface area (Å²) in [4.78, 5) is 40.8. The lowest BCUT2D eigenvalue weighted by Gasteiger charge is -2.33. The third kappa shape index (κ3) is 4.70. The maximum atomic E-state index is 12.9. The van der Waals surface area contributed by atoms with Crippen LogP contribution >= 0.6 is 34.9 Å². The Bertz CT molecular complexity index is 1130. The van der Waals surface area contributed by atoms with Crippen LogP contribution in [0.5, 0.6) is 5.75 Å². The van der Waals surface area contributed by atoms with Crippen molar-refractivity contribution in [1.82, 2.24) is 15.4 Å². The number of amides is 2. The molecule has 1 atom stereocenters. The van der Waals surface area contributed by atoms with E-state index in [1.165, 1.54) is 23.7 Å². The molecule has 0 spiro atoms. The summed E-state index contributed by atoms with van der Waals surface area (Å²) in [7, 11) is 0. The lowest BCUT2D eigenvalue weighted by molar-refractivity contribution is -0.133. The molecule has 0 saturated carbocycles. The summed E-state index contributed by atoms with van der Waals surface area (Å²) in [6.45, 7) is 3.19. The molecular weight excluding hydrogens is 454 g/mol. The first-order valence-electron chi connectivity index (χ1n) is 9.39. The molecule has 2 amide bonds. The molecule has 1 N–H and O–H groups in total. The molecule has 10 heteroatoms. The summed E-state index contributed by atoms with van der Waals surface area (Å²) in [5.41, 5.74) is 3.85. The molecule has 4 rings (SSSR count). The molecule has 0 radical (unpaired) electrons. The molecule has 1 aromatic heterocycles. The molecule has 0 aliphatic carbocycles. The van der Waals surface area contributed by atoms with Gasteiger partial charge in [-0.15, -0.1) is 23.1 Å². The molecule has 2 aromatic carbocycles. The number of fused-ring (bicyclic) bond motifs is 1. The van der Waals surface area contributed by atoms with E-state index in [-0.39, 0.29) is 23.0 Å². The Balaban J connectivity index is 1.49. The largest absolute Gasteiger partial charge is 0.426 e. The van der Waals surface area contributed by atoms with Crippen LogP contribution in [-0.2, 0) is 9.59 Å². The summed E-state index contributed by atoms with van der Waals surface area (Å²) in [5, 5.41) is 1.38. The summed E-state index contributed by atoms with van der Waals surface area (Å²) >= 11 is 4.63. The highest BCUT2D eigenvalue weighted by Crippen LogP contribution is 2.41. The van der Waals surface area contributed by atoms with Crippen molar-refractivity contribution in [2.45, 2.75) is 23.1 Å². The molecule has 1 unspecified atom stereocenters. The Hall–Kier alpha value is -2.56. The van der Waals surface area contributed by atoms with Gasteiger partial charge in [-0.05, 0) is 31.2 Å². The van der Waals surface area contributed by atoms with E-state index in [0.29, 0.717) is 5.75 Å². The zero-order valence-corrected chi connectivity index (χ0v) is 19.2. The highest BCUT2D eigenvalue weighted by molar-refractivity contribution is 8.05. The SMILES string of the molecule is CC(=O)Oc1ccccc1C(=O)NN1C(=O)CSC1(C)CSc1nc2ccccc2s1. The number of thioether (sulfide) groups is 2. The first-order valence-corrected chi connectivity index (χ1v) is 12.2. The number of nitrogens with zero attached hydrogens (tertiary/aromatic N) is 2. The van der Waals surface area contributed by atoms with Crippen LogP contribution in [0.25, 0.3) is 10.2 Å². The van der Waals surface area contributed by atoms with Crippen molar-refractivity contribution in [3.63, 3.8) is 0 Å². The third-order valence-electron chi connectivity index (χ3n) is 4.57. The van der Waals surface area contributed by atoms with Gasteiger partial charge >= 0.3 is 5.97 Å². The number of ether oxygens (including phenoxy) is 1. The monoisotopic (exact) mass is 473 g/mol. The minimum atomic E-state index is -0.647. The number of carbonyl (C=O) groups excluding carboxylic acids is 3. The van der Waals surface area contributed by atoms with Gasteiger partial charge in [0.2, 0.25) is 0 Å². The van der Waals surface area contributed by atoms with Crippen LogP contribution in [-0.4, -0.2) is 44.2 Å². The molecule has 160 valence electrons. The Morgan fingerprint density at radius 3 is 2.74 bits per heavy atom. The molecule has 1 fully saturated rings. The van der Waals surface area contributed by atoms with Crippen molar-refractivity contribution in [3.05, 3.63) is 54.1 Å². The second-order valence-electron chi connectivity index (χ2n) is 6.96. The van der Waals surface area contributed by atoms with Gasteiger partial charge in [0.15, 0.2) is 4.34 Å². The van der Waals surface area contributed by atoms with Gasteiger partial charge in [-0.1, -0.05) is 36.0 Å². The van der Waals surface area contributed by atoms with Crippen LogP contribution in [0.3, 0.4) is 0 Å². The topological polar surface area (TPSA) is 88.6 Å². The number of esters is 1. The average Bonchev–Trinajstić information content (AvgIpc) is 3.28. The number of rotatable bonds is 6. The van der Waals surface area contributed by atoms with Crippen LogP contribution in [0.15, 0.2) is 52.9 Å². The zero-order valence-electron chi connectivity index (χ0n) is 16.8. The number of hydrogen-bond acceptors (Lipinski definition) is 8. The van der Waals surface area contributed by atoms with Crippen molar-refractivity contribution in [1.29, 1.82) is 0 Å². The minimum absolute atomic E-state index is 0.150. The number of nitrogens with one attached hydrogen (secondary N) is 1. The van der Waals surface area contributed by atoms with Gasteiger partial charge in [0.1, 0.15) is 10.6 Å². The van der Waals surface area contributed by atoms with Gasteiger partial charge in [-0.25, -0.2) is 9.99 Å². The maximum Gasteiger partial charge on any atom is 0.308 e. The highest BCUT2D eigenvalue weighted by atomic mass is 32.2. The lowest BCUT2D eigenvalue weighted by Crippen LogP contribution is -2.54. The van der Waals surface area contributed by atoms with Crippen molar-refractivity contribution < 1.29 is 19.1 Å². The van der Waals surface area contributed by atoms with E-state index < -0.39 is 16.7 Å². The minimum Gasteiger partial charge on any atom is -0.426 e. The van der Waals surface area contributed by atoms with Gasteiger partial charge in [-0.3, -0.25) is 19.8 Å². The standard InChI is InChI=1S/C21H19N3O4S3/c1-13(25)28-16-9-5-3-7-14(16)19(27)23-24-18(26)11-30-21(24,2)12-29-20-22-15-8-4-6-10-17(15)31-20/h3-10H,11-12H2,1-2H3,(H,23,27). The number of thiazole rings is 1. The van der Waals surface area contributed by atoms with Gasteiger partial charge < -0.3 is 4.74 Å². The van der Waals surface area contributed by atoms with E-state index in [1.807, 2.05) is 31.2 Å². The smallest absolute Gasteiger partial charge is 0.308 e. The van der Waals surface area contributed by atoms with Crippen molar-refractivity contribution in [2.24, 2.45) is 0 Å². The Labute approximate surface area is 191 Å². The highest BCUT2D eigenvalue weighted by Gasteiger charge is 2.44. The zero-order chi connectivity index (χ0) is 22.0. The van der Waals surface area contributed by atoms with Crippen LogP contribution in [0, 0.1) is 0 Å². The van der Waals surface area contributed by atoms with E-state index >= 15 is 0 Å². The summed E-state index contributed by atoms with van der Waals surface area (Å²) in [6, 6.07) is 14.4. The van der Waals surface area contributed by atoms with E-state index in [2.05, 4.69) is 10.4 Å². The first-order chi connectivity index (χ1) is 14.9. The van der Waals surface area contributed by atoms with Crippen molar-refractivity contribution in [2.75, 3.05) is 11.5 Å². The van der Waals surface area contributed by atoms with Crippen LogP contribution in [0.4, 0.5) is 0 Å². The molecule has 1 aliphatic heterocycles. The number of para-hydroxylation sites is 2. The molecule has 1 aliphatic rings. The molecule has 0 bridgehead atoms. The first kappa shape index (κ1) is 21.7. The van der Waals surface area contributed by atoms with E-state index in [0.717, 1.165) is 14.6 Å². The van der Waals surface area contributed by atoms with E-state index in [9.17, 15) is 14.4 Å². The Kier molecular flexibility index (Phi) is 6.22. The fourth-order valence-electron chi connectivity index (χ4n) is 3.07. The van der Waals surface area contributed by atoms with Gasteiger partial charge in [0.05, 0.1) is 21.5 Å². The predicted octanol–water partition coefficient (Wildman–Crippen LogP) is 3.95. The quantitative estimate of drug-likeness (QED) is 0.329.